The van der Waals surface area contributed by atoms with Crippen LogP contribution in [0.2, 0.25) is 0 Å². The lowest BCUT2D eigenvalue weighted by atomic mass is 9.87. The van der Waals surface area contributed by atoms with Gasteiger partial charge in [0.1, 0.15) is 0 Å². The standard InChI is InChI=1S/C17H22N2O2/c1-13(20)10-17(2,3)12-19-16(21)8-7-14-5-4-6-15(9-14)11-18/h4-9,13,20H,10,12H2,1-3H3,(H,19,21). The van der Waals surface area contributed by atoms with Crippen molar-refractivity contribution in [2.45, 2.75) is 33.3 Å². The molecule has 1 aromatic rings. The van der Waals surface area contributed by atoms with Gasteiger partial charge in [-0.3, -0.25) is 4.79 Å². The highest BCUT2D eigenvalue weighted by atomic mass is 16.3. The van der Waals surface area contributed by atoms with Crippen molar-refractivity contribution < 1.29 is 9.90 Å². The van der Waals surface area contributed by atoms with Crippen LogP contribution in [-0.2, 0) is 4.79 Å². The van der Waals surface area contributed by atoms with Crippen LogP contribution in [0.3, 0.4) is 0 Å². The van der Waals surface area contributed by atoms with Crippen LogP contribution in [0.25, 0.3) is 6.08 Å². The molecule has 0 aliphatic heterocycles. The molecule has 0 aliphatic rings. The van der Waals surface area contributed by atoms with E-state index >= 15 is 0 Å². The summed E-state index contributed by atoms with van der Waals surface area (Å²) in [5, 5.41) is 21.0. The van der Waals surface area contributed by atoms with Gasteiger partial charge < -0.3 is 10.4 Å². The molecule has 1 atom stereocenters. The molecule has 0 fully saturated rings. The van der Waals surface area contributed by atoms with E-state index in [1.54, 1.807) is 31.2 Å². The molecule has 0 bridgehead atoms. The summed E-state index contributed by atoms with van der Waals surface area (Å²) in [5.74, 6) is -0.184. The number of aliphatic hydroxyl groups is 1. The van der Waals surface area contributed by atoms with Gasteiger partial charge in [-0.1, -0.05) is 26.0 Å². The molecule has 21 heavy (non-hydrogen) atoms. The van der Waals surface area contributed by atoms with Crippen molar-refractivity contribution in [1.29, 1.82) is 5.26 Å². The van der Waals surface area contributed by atoms with Gasteiger partial charge in [-0.05, 0) is 42.5 Å². The fourth-order valence-electron chi connectivity index (χ4n) is 2.14. The highest BCUT2D eigenvalue weighted by Gasteiger charge is 2.20. The molecule has 0 saturated carbocycles. The Kier molecular flexibility index (Phi) is 6.13. The first-order valence-electron chi connectivity index (χ1n) is 6.96. The molecule has 0 saturated heterocycles. The van der Waals surface area contributed by atoms with Gasteiger partial charge >= 0.3 is 0 Å². The normalized spacial score (nSPS) is 12.9. The second-order valence-corrected chi connectivity index (χ2v) is 6.01. The van der Waals surface area contributed by atoms with Gasteiger partial charge in [0.05, 0.1) is 17.7 Å². The van der Waals surface area contributed by atoms with E-state index in [1.807, 2.05) is 19.9 Å². The number of nitriles is 1. The molecule has 2 N–H and O–H groups in total. The Morgan fingerprint density at radius 2 is 2.24 bits per heavy atom. The second kappa shape index (κ2) is 7.61. The zero-order chi connectivity index (χ0) is 15.9. The number of carbonyl (C=O) groups is 1. The maximum atomic E-state index is 11.8. The third-order valence-electron chi connectivity index (χ3n) is 3.03. The van der Waals surface area contributed by atoms with Crippen molar-refractivity contribution in [3.63, 3.8) is 0 Å². The van der Waals surface area contributed by atoms with Crippen LogP contribution < -0.4 is 5.32 Å². The van der Waals surface area contributed by atoms with Crippen molar-refractivity contribution in [1.82, 2.24) is 5.32 Å². The summed E-state index contributed by atoms with van der Waals surface area (Å²) in [4.78, 5) is 11.8. The van der Waals surface area contributed by atoms with Crippen LogP contribution in [0, 0.1) is 16.7 Å². The van der Waals surface area contributed by atoms with Gasteiger partial charge in [0.15, 0.2) is 0 Å². The zero-order valence-corrected chi connectivity index (χ0v) is 12.8. The lowest BCUT2D eigenvalue weighted by Crippen LogP contribution is -2.34. The molecule has 0 aromatic heterocycles. The summed E-state index contributed by atoms with van der Waals surface area (Å²) in [6.45, 7) is 6.24. The molecule has 1 rings (SSSR count). The quantitative estimate of drug-likeness (QED) is 0.789. The average molecular weight is 286 g/mol. The van der Waals surface area contributed by atoms with E-state index in [9.17, 15) is 9.90 Å². The first-order chi connectivity index (χ1) is 9.82. The molecular weight excluding hydrogens is 264 g/mol. The number of hydrogen-bond acceptors (Lipinski definition) is 3. The lowest BCUT2D eigenvalue weighted by molar-refractivity contribution is -0.117. The molecule has 0 heterocycles. The molecule has 0 aliphatic carbocycles. The number of aliphatic hydroxyl groups excluding tert-OH is 1. The third kappa shape index (κ3) is 6.73. The number of nitrogens with zero attached hydrogens (tertiary/aromatic N) is 1. The van der Waals surface area contributed by atoms with E-state index in [0.717, 1.165) is 5.56 Å². The van der Waals surface area contributed by atoms with Gasteiger partial charge in [0.25, 0.3) is 0 Å². The minimum absolute atomic E-state index is 0.154. The van der Waals surface area contributed by atoms with Crippen molar-refractivity contribution in [3.8, 4) is 6.07 Å². The maximum Gasteiger partial charge on any atom is 0.244 e. The molecule has 112 valence electrons. The fourth-order valence-corrected chi connectivity index (χ4v) is 2.14. The summed E-state index contributed by atoms with van der Waals surface area (Å²) in [6.07, 6.45) is 3.37. The first kappa shape index (κ1) is 16.9. The first-order valence-corrected chi connectivity index (χ1v) is 6.96. The predicted octanol–water partition coefficient (Wildman–Crippen LogP) is 2.48. The van der Waals surface area contributed by atoms with E-state index in [2.05, 4.69) is 11.4 Å². The van der Waals surface area contributed by atoms with Crippen molar-refractivity contribution in [2.24, 2.45) is 5.41 Å². The number of benzene rings is 1. The Morgan fingerprint density at radius 1 is 1.52 bits per heavy atom. The van der Waals surface area contributed by atoms with Crippen LogP contribution in [0.1, 0.15) is 38.3 Å². The Labute approximate surface area is 126 Å². The Balaban J connectivity index is 2.53. The maximum absolute atomic E-state index is 11.8. The smallest absolute Gasteiger partial charge is 0.244 e. The van der Waals surface area contributed by atoms with Crippen LogP contribution in [0.5, 0.6) is 0 Å². The van der Waals surface area contributed by atoms with Crippen LogP contribution in [0.4, 0.5) is 0 Å². The minimum atomic E-state index is -0.388. The van der Waals surface area contributed by atoms with Gasteiger partial charge in [-0.15, -0.1) is 0 Å². The highest BCUT2D eigenvalue weighted by molar-refractivity contribution is 5.91. The summed E-state index contributed by atoms with van der Waals surface area (Å²) < 4.78 is 0. The molecule has 0 radical (unpaired) electrons. The molecule has 1 aromatic carbocycles. The highest BCUT2D eigenvalue weighted by Crippen LogP contribution is 2.20. The number of rotatable bonds is 6. The summed E-state index contributed by atoms with van der Waals surface area (Å²) in [5.41, 5.74) is 1.22. The molecule has 4 nitrogen and oxygen atoms in total. The van der Waals surface area contributed by atoms with Crippen LogP contribution in [0.15, 0.2) is 30.3 Å². The van der Waals surface area contributed by atoms with E-state index < -0.39 is 0 Å². The van der Waals surface area contributed by atoms with Crippen molar-refractivity contribution in [2.75, 3.05) is 6.54 Å². The lowest BCUT2D eigenvalue weighted by Gasteiger charge is -2.26. The number of carbonyl (C=O) groups excluding carboxylic acids is 1. The second-order valence-electron chi connectivity index (χ2n) is 6.01. The van der Waals surface area contributed by atoms with Crippen molar-refractivity contribution in [3.05, 3.63) is 41.5 Å². The average Bonchev–Trinajstić information content (AvgIpc) is 2.42. The van der Waals surface area contributed by atoms with E-state index in [-0.39, 0.29) is 17.4 Å². The fraction of sp³-hybridized carbons (Fsp3) is 0.412. The molecule has 4 heteroatoms. The van der Waals surface area contributed by atoms with Crippen LogP contribution in [-0.4, -0.2) is 23.7 Å². The summed E-state index contributed by atoms with van der Waals surface area (Å²) >= 11 is 0. The van der Waals surface area contributed by atoms with E-state index in [0.29, 0.717) is 18.5 Å². The van der Waals surface area contributed by atoms with Gasteiger partial charge in [-0.25, -0.2) is 0 Å². The van der Waals surface area contributed by atoms with E-state index in [1.165, 1.54) is 6.08 Å². The van der Waals surface area contributed by atoms with Crippen molar-refractivity contribution >= 4 is 12.0 Å². The minimum Gasteiger partial charge on any atom is -0.393 e. The zero-order valence-electron chi connectivity index (χ0n) is 12.8. The monoisotopic (exact) mass is 286 g/mol. The number of hydrogen-bond donors (Lipinski definition) is 2. The largest absolute Gasteiger partial charge is 0.393 e. The number of amides is 1. The Hall–Kier alpha value is -2.12. The Morgan fingerprint density at radius 3 is 2.86 bits per heavy atom. The SMILES string of the molecule is CC(O)CC(C)(C)CNC(=O)C=Cc1cccc(C#N)c1. The molecule has 1 unspecified atom stereocenters. The third-order valence-corrected chi connectivity index (χ3v) is 3.03. The summed E-state index contributed by atoms with van der Waals surface area (Å²) in [6, 6.07) is 9.12. The van der Waals surface area contributed by atoms with Gasteiger partial charge in [0.2, 0.25) is 5.91 Å². The Bertz CT molecular complexity index is 554. The van der Waals surface area contributed by atoms with Crippen LogP contribution >= 0.6 is 0 Å². The number of nitrogens with one attached hydrogen (secondary N) is 1. The molecule has 1 amide bonds. The topological polar surface area (TPSA) is 73.1 Å². The summed E-state index contributed by atoms with van der Waals surface area (Å²) in [7, 11) is 0. The van der Waals surface area contributed by atoms with Gasteiger partial charge in [-0.2, -0.15) is 5.26 Å². The predicted molar refractivity (Wildman–Crippen MR) is 83.3 cm³/mol. The van der Waals surface area contributed by atoms with Gasteiger partial charge in [0, 0.05) is 12.6 Å². The molecular formula is C17H22N2O2. The molecule has 0 spiro atoms. The van der Waals surface area contributed by atoms with E-state index in [4.69, 9.17) is 5.26 Å².